The molecule has 0 saturated carbocycles. The van der Waals surface area contributed by atoms with Crippen LogP contribution in [0.25, 0.3) is 11.0 Å². The smallest absolute Gasteiger partial charge is 0.243 e. The molecule has 0 saturated heterocycles. The third kappa shape index (κ3) is 3.74. The van der Waals surface area contributed by atoms with Gasteiger partial charge in [0.1, 0.15) is 18.8 Å². The fourth-order valence-electron chi connectivity index (χ4n) is 3.48. The van der Waals surface area contributed by atoms with E-state index in [1.165, 1.54) is 6.33 Å². The summed E-state index contributed by atoms with van der Waals surface area (Å²) in [7, 11) is 0. The van der Waals surface area contributed by atoms with Gasteiger partial charge in [-0.15, -0.1) is 0 Å². The van der Waals surface area contributed by atoms with Gasteiger partial charge in [-0.1, -0.05) is 26.0 Å². The van der Waals surface area contributed by atoms with Crippen LogP contribution in [0.15, 0.2) is 42.7 Å². The maximum atomic E-state index is 13.7. The molecule has 0 bridgehead atoms. The molecule has 0 fully saturated rings. The number of aromatic nitrogens is 2. The van der Waals surface area contributed by atoms with E-state index >= 15 is 0 Å². The van der Waals surface area contributed by atoms with Crippen molar-refractivity contribution in [2.75, 3.05) is 13.2 Å². The highest BCUT2D eigenvalue weighted by Crippen LogP contribution is 2.31. The molecule has 1 aliphatic heterocycles. The van der Waals surface area contributed by atoms with Crippen molar-refractivity contribution >= 4 is 16.9 Å². The number of halogens is 2. The molecule has 0 spiro atoms. The van der Waals surface area contributed by atoms with Crippen molar-refractivity contribution in [1.82, 2.24) is 14.9 Å². The number of nitrogens with zero attached hydrogens (tertiary/aromatic N) is 2. The molecule has 0 unspecified atom stereocenters. The molecule has 6 nitrogen and oxygen atoms in total. The van der Waals surface area contributed by atoms with Crippen molar-refractivity contribution in [3.05, 3.63) is 54.4 Å². The monoisotopic (exact) mass is 401 g/mol. The van der Waals surface area contributed by atoms with Crippen molar-refractivity contribution in [3.63, 3.8) is 0 Å². The zero-order valence-electron chi connectivity index (χ0n) is 16.1. The molecule has 0 aliphatic carbocycles. The van der Waals surface area contributed by atoms with Gasteiger partial charge < -0.3 is 19.4 Å². The number of hydrogen-bond donors (Lipinski definition) is 1. The van der Waals surface area contributed by atoms with Gasteiger partial charge in [-0.2, -0.15) is 0 Å². The number of para-hydroxylation sites is 2. The molecule has 2 atom stereocenters. The Kier molecular flexibility index (Phi) is 5.08. The maximum Gasteiger partial charge on any atom is 0.243 e. The predicted molar refractivity (Wildman–Crippen MR) is 103 cm³/mol. The lowest BCUT2D eigenvalue weighted by Gasteiger charge is -2.28. The van der Waals surface area contributed by atoms with E-state index in [-0.39, 0.29) is 24.5 Å². The van der Waals surface area contributed by atoms with Crippen LogP contribution in [0.5, 0.6) is 11.5 Å². The Morgan fingerprint density at radius 1 is 1.24 bits per heavy atom. The zero-order valence-corrected chi connectivity index (χ0v) is 16.1. The average molecular weight is 401 g/mol. The quantitative estimate of drug-likeness (QED) is 0.711. The highest BCUT2D eigenvalue weighted by atomic mass is 19.2. The Bertz CT molecular complexity index is 1050. The van der Waals surface area contributed by atoms with Crippen LogP contribution in [0.2, 0.25) is 0 Å². The minimum atomic E-state index is -0.978. The Morgan fingerprint density at radius 3 is 2.72 bits per heavy atom. The van der Waals surface area contributed by atoms with Gasteiger partial charge in [0.15, 0.2) is 23.1 Å². The topological polar surface area (TPSA) is 65.4 Å². The fraction of sp³-hybridized carbons (Fsp3) is 0.333. The van der Waals surface area contributed by atoms with Gasteiger partial charge in [0.05, 0.1) is 23.9 Å². The molecule has 29 heavy (non-hydrogen) atoms. The van der Waals surface area contributed by atoms with Gasteiger partial charge in [-0.05, 0) is 18.1 Å². The predicted octanol–water partition coefficient (Wildman–Crippen LogP) is 3.47. The van der Waals surface area contributed by atoms with Crippen LogP contribution < -0.4 is 14.8 Å². The Hall–Kier alpha value is -3.16. The molecular weight excluding hydrogens is 380 g/mol. The van der Waals surface area contributed by atoms with Crippen molar-refractivity contribution in [2.24, 2.45) is 5.92 Å². The number of fused-ring (bicyclic) bond motifs is 2. The van der Waals surface area contributed by atoms with E-state index < -0.39 is 17.7 Å². The Morgan fingerprint density at radius 2 is 1.97 bits per heavy atom. The minimum absolute atomic E-state index is 0.107. The first kappa shape index (κ1) is 19.2. The van der Waals surface area contributed by atoms with E-state index in [9.17, 15) is 13.6 Å². The second-order valence-electron chi connectivity index (χ2n) is 7.34. The second-order valence-corrected chi connectivity index (χ2v) is 7.34. The number of carbonyl (C=O) groups excluding carboxylic acids is 1. The number of rotatable bonds is 5. The van der Waals surface area contributed by atoms with Crippen molar-refractivity contribution < 1.29 is 23.0 Å². The van der Waals surface area contributed by atoms with Gasteiger partial charge >= 0.3 is 0 Å². The molecule has 1 N–H and O–H groups in total. The van der Waals surface area contributed by atoms with E-state index in [0.29, 0.717) is 29.1 Å². The number of benzene rings is 2. The van der Waals surface area contributed by atoms with Crippen LogP contribution >= 0.6 is 0 Å². The van der Waals surface area contributed by atoms with Crippen LogP contribution in [0.3, 0.4) is 0 Å². The van der Waals surface area contributed by atoms with Gasteiger partial charge in [-0.25, -0.2) is 13.8 Å². The molecule has 2 aromatic carbocycles. The summed E-state index contributed by atoms with van der Waals surface area (Å²) in [5, 5.41) is 2.88. The first-order valence-corrected chi connectivity index (χ1v) is 9.42. The zero-order chi connectivity index (χ0) is 20.5. The molecule has 8 heteroatoms. The number of imidazole rings is 1. The van der Waals surface area contributed by atoms with Crippen LogP contribution in [-0.4, -0.2) is 34.7 Å². The normalized spacial score (nSPS) is 16.8. The summed E-state index contributed by atoms with van der Waals surface area (Å²) in [6.45, 7) is 4.34. The van der Waals surface area contributed by atoms with Crippen LogP contribution in [0.4, 0.5) is 8.78 Å². The van der Waals surface area contributed by atoms with E-state index in [0.717, 1.165) is 12.1 Å². The fourth-order valence-corrected chi connectivity index (χ4v) is 3.48. The van der Waals surface area contributed by atoms with E-state index in [4.69, 9.17) is 9.47 Å². The molecule has 1 aliphatic rings. The molecule has 2 heterocycles. The van der Waals surface area contributed by atoms with Crippen molar-refractivity contribution in [3.8, 4) is 11.5 Å². The Balaban J connectivity index is 1.50. The lowest BCUT2D eigenvalue weighted by atomic mass is 10.0. The van der Waals surface area contributed by atoms with Crippen LogP contribution in [0, 0.1) is 17.6 Å². The van der Waals surface area contributed by atoms with Crippen LogP contribution in [0.1, 0.15) is 19.9 Å². The standard InChI is InChI=1S/C21H21F2N3O3/c1-12(2)20(26-11-25-16-7-14(22)15(23)8-17(16)26)21(27)24-9-13-10-28-18-5-3-4-6-19(18)29-13/h3-8,11-13,20H,9-10H2,1-2H3,(H,24,27)/t13-,20-/m1/s1. The lowest BCUT2D eigenvalue weighted by molar-refractivity contribution is -0.126. The lowest BCUT2D eigenvalue weighted by Crippen LogP contribution is -2.44. The first-order valence-electron chi connectivity index (χ1n) is 9.42. The van der Waals surface area contributed by atoms with Gasteiger partial charge in [0.25, 0.3) is 0 Å². The highest BCUT2D eigenvalue weighted by Gasteiger charge is 2.28. The number of nitrogens with one attached hydrogen (secondary N) is 1. The highest BCUT2D eigenvalue weighted by molar-refractivity contribution is 5.84. The Labute approximate surface area is 166 Å². The maximum absolute atomic E-state index is 13.7. The number of carbonyl (C=O) groups is 1. The molecular formula is C21H21F2N3O3. The molecule has 3 aromatic rings. The summed E-state index contributed by atoms with van der Waals surface area (Å²) < 4.78 is 40.3. The summed E-state index contributed by atoms with van der Waals surface area (Å²) in [4.78, 5) is 17.1. The summed E-state index contributed by atoms with van der Waals surface area (Å²) >= 11 is 0. The summed E-state index contributed by atoms with van der Waals surface area (Å²) in [6.07, 6.45) is 1.11. The van der Waals surface area contributed by atoms with E-state index in [1.54, 1.807) is 4.57 Å². The number of amides is 1. The average Bonchev–Trinajstić information content (AvgIpc) is 3.08. The molecule has 4 rings (SSSR count). The van der Waals surface area contributed by atoms with E-state index in [2.05, 4.69) is 10.3 Å². The summed E-state index contributed by atoms with van der Waals surface area (Å²) in [5.41, 5.74) is 0.659. The van der Waals surface area contributed by atoms with E-state index in [1.807, 2.05) is 38.1 Å². The molecule has 152 valence electrons. The number of ether oxygens (including phenoxy) is 2. The van der Waals surface area contributed by atoms with Crippen LogP contribution in [-0.2, 0) is 4.79 Å². The molecule has 1 aromatic heterocycles. The van der Waals surface area contributed by atoms with Gasteiger partial charge in [-0.3, -0.25) is 4.79 Å². The first-order chi connectivity index (χ1) is 13.9. The molecule has 0 radical (unpaired) electrons. The minimum Gasteiger partial charge on any atom is -0.486 e. The van der Waals surface area contributed by atoms with Crippen molar-refractivity contribution in [1.29, 1.82) is 0 Å². The largest absolute Gasteiger partial charge is 0.486 e. The second kappa shape index (κ2) is 7.69. The van der Waals surface area contributed by atoms with Crippen molar-refractivity contribution in [2.45, 2.75) is 26.0 Å². The molecule has 1 amide bonds. The van der Waals surface area contributed by atoms with Gasteiger partial charge in [0, 0.05) is 12.1 Å². The van der Waals surface area contributed by atoms with Gasteiger partial charge in [0.2, 0.25) is 5.91 Å². The number of hydrogen-bond acceptors (Lipinski definition) is 4. The summed E-state index contributed by atoms with van der Waals surface area (Å²) in [5.74, 6) is -1.00. The third-order valence-corrected chi connectivity index (χ3v) is 4.89. The summed E-state index contributed by atoms with van der Waals surface area (Å²) in [6, 6.07) is 8.81. The SMILES string of the molecule is CC(C)[C@H](C(=O)NC[C@@H]1COc2ccccc2O1)n1cnc2cc(F)c(F)cc21. The third-order valence-electron chi connectivity index (χ3n) is 4.89.